The van der Waals surface area contributed by atoms with Gasteiger partial charge in [-0.2, -0.15) is 0 Å². The van der Waals surface area contributed by atoms with Crippen molar-refractivity contribution in [2.24, 2.45) is 0 Å². The molecule has 0 aliphatic rings. The first-order valence-corrected chi connectivity index (χ1v) is 6.95. The molecule has 0 saturated heterocycles. The number of carbonyl (C=O) groups excluding carboxylic acids is 2. The highest BCUT2D eigenvalue weighted by Crippen LogP contribution is 2.27. The number of hydrogen-bond donors (Lipinski definition) is 2. The van der Waals surface area contributed by atoms with Crippen LogP contribution in [0.5, 0.6) is 11.5 Å². The topological polar surface area (TPSA) is 76.7 Å². The van der Waals surface area contributed by atoms with Crippen LogP contribution < -0.4 is 20.1 Å². The third-order valence-electron chi connectivity index (χ3n) is 3.29. The van der Waals surface area contributed by atoms with Crippen LogP contribution in [0, 0.1) is 0 Å². The molecule has 0 aliphatic carbocycles. The molecule has 2 aromatic rings. The number of nitrogens with one attached hydrogen (secondary N) is 2. The molecular formula is C17H18N2O4. The Morgan fingerprint density at radius 1 is 0.913 bits per heavy atom. The maximum atomic E-state index is 12.5. The van der Waals surface area contributed by atoms with Crippen LogP contribution in [-0.4, -0.2) is 33.1 Å². The second-order valence-electron chi connectivity index (χ2n) is 4.65. The maximum Gasteiger partial charge on any atom is 0.259 e. The van der Waals surface area contributed by atoms with Gasteiger partial charge in [-0.3, -0.25) is 9.59 Å². The lowest BCUT2D eigenvalue weighted by atomic mass is 10.1. The number of hydrogen-bond acceptors (Lipinski definition) is 4. The van der Waals surface area contributed by atoms with Crippen LogP contribution >= 0.6 is 0 Å². The third kappa shape index (κ3) is 3.60. The highest BCUT2D eigenvalue weighted by atomic mass is 16.5. The number of benzene rings is 2. The van der Waals surface area contributed by atoms with Crippen molar-refractivity contribution < 1.29 is 19.1 Å². The summed E-state index contributed by atoms with van der Waals surface area (Å²) in [6.07, 6.45) is 0. The molecule has 0 unspecified atom stereocenters. The Morgan fingerprint density at radius 2 is 1.61 bits per heavy atom. The van der Waals surface area contributed by atoms with E-state index in [-0.39, 0.29) is 11.8 Å². The Hall–Kier alpha value is -3.02. The van der Waals surface area contributed by atoms with Gasteiger partial charge >= 0.3 is 0 Å². The maximum absolute atomic E-state index is 12.5. The standard InChI is InChI=1S/C17H18N2O4/c1-18-16(20)11-8-9-15(23-3)13(10-11)19-17(21)12-6-4-5-7-14(12)22-2/h4-10H,1-3H3,(H,18,20)(H,19,21). The summed E-state index contributed by atoms with van der Waals surface area (Å²) in [5.74, 6) is 0.322. The molecule has 2 N–H and O–H groups in total. The number of rotatable bonds is 5. The molecule has 2 aromatic carbocycles. The fourth-order valence-corrected chi connectivity index (χ4v) is 2.11. The van der Waals surface area contributed by atoms with Gasteiger partial charge in [0.15, 0.2) is 0 Å². The molecular weight excluding hydrogens is 296 g/mol. The Labute approximate surface area is 134 Å². The molecule has 0 saturated carbocycles. The molecule has 0 atom stereocenters. The highest BCUT2D eigenvalue weighted by molar-refractivity contribution is 6.07. The van der Waals surface area contributed by atoms with Gasteiger partial charge in [0.05, 0.1) is 25.5 Å². The summed E-state index contributed by atoms with van der Waals surface area (Å²) in [4.78, 5) is 24.2. The molecule has 120 valence electrons. The summed E-state index contributed by atoms with van der Waals surface area (Å²) in [6, 6.07) is 11.7. The Bertz CT molecular complexity index is 728. The van der Waals surface area contributed by atoms with Crippen molar-refractivity contribution in [3.8, 4) is 11.5 Å². The van der Waals surface area contributed by atoms with E-state index in [0.717, 1.165) is 0 Å². The lowest BCUT2D eigenvalue weighted by Gasteiger charge is -2.13. The van der Waals surface area contributed by atoms with Gasteiger partial charge in [0.25, 0.3) is 11.8 Å². The first-order chi connectivity index (χ1) is 11.1. The molecule has 23 heavy (non-hydrogen) atoms. The van der Waals surface area contributed by atoms with E-state index in [1.165, 1.54) is 14.2 Å². The van der Waals surface area contributed by atoms with Crippen molar-refractivity contribution >= 4 is 17.5 Å². The van der Waals surface area contributed by atoms with Gasteiger partial charge < -0.3 is 20.1 Å². The van der Waals surface area contributed by atoms with E-state index < -0.39 is 0 Å². The molecule has 0 fully saturated rings. The van der Waals surface area contributed by atoms with Gasteiger partial charge in [-0.15, -0.1) is 0 Å². The second kappa shape index (κ2) is 7.31. The van der Waals surface area contributed by atoms with Crippen molar-refractivity contribution in [2.45, 2.75) is 0 Å². The minimum atomic E-state index is -0.352. The smallest absolute Gasteiger partial charge is 0.259 e. The number of para-hydroxylation sites is 1. The fraction of sp³-hybridized carbons (Fsp3) is 0.176. The summed E-state index contributed by atoms with van der Waals surface area (Å²) in [5, 5.41) is 5.28. The van der Waals surface area contributed by atoms with E-state index >= 15 is 0 Å². The number of carbonyl (C=O) groups is 2. The van der Waals surface area contributed by atoms with Gasteiger partial charge in [-0.1, -0.05) is 12.1 Å². The average molecular weight is 314 g/mol. The van der Waals surface area contributed by atoms with Crippen LogP contribution in [0.25, 0.3) is 0 Å². The van der Waals surface area contributed by atoms with Gasteiger partial charge in [0, 0.05) is 12.6 Å². The van der Waals surface area contributed by atoms with Crippen molar-refractivity contribution in [2.75, 3.05) is 26.6 Å². The van der Waals surface area contributed by atoms with Gasteiger partial charge in [-0.25, -0.2) is 0 Å². The Kier molecular flexibility index (Phi) is 5.19. The van der Waals surface area contributed by atoms with Crippen LogP contribution in [0.1, 0.15) is 20.7 Å². The first kappa shape index (κ1) is 16.4. The number of methoxy groups -OCH3 is 2. The summed E-state index contributed by atoms with van der Waals surface area (Å²) < 4.78 is 10.4. The highest BCUT2D eigenvalue weighted by Gasteiger charge is 2.15. The monoisotopic (exact) mass is 314 g/mol. The molecule has 0 aliphatic heterocycles. The van der Waals surface area contributed by atoms with E-state index in [9.17, 15) is 9.59 Å². The van der Waals surface area contributed by atoms with Crippen molar-refractivity contribution in [3.63, 3.8) is 0 Å². The predicted octanol–water partition coefficient (Wildman–Crippen LogP) is 2.32. The molecule has 0 radical (unpaired) electrons. The molecule has 6 nitrogen and oxygen atoms in total. The number of amides is 2. The molecule has 2 amide bonds. The summed E-state index contributed by atoms with van der Waals surface area (Å²) in [6.45, 7) is 0. The lowest BCUT2D eigenvalue weighted by Crippen LogP contribution is -2.19. The van der Waals surface area contributed by atoms with Gasteiger partial charge in [0.1, 0.15) is 11.5 Å². The Balaban J connectivity index is 2.34. The summed E-state index contributed by atoms with van der Waals surface area (Å²) in [5.41, 5.74) is 1.22. The van der Waals surface area contributed by atoms with E-state index in [2.05, 4.69) is 10.6 Å². The zero-order valence-electron chi connectivity index (χ0n) is 13.2. The first-order valence-electron chi connectivity index (χ1n) is 6.95. The van der Waals surface area contributed by atoms with Crippen molar-refractivity contribution in [1.82, 2.24) is 5.32 Å². The molecule has 0 aromatic heterocycles. The van der Waals surface area contributed by atoms with E-state index in [1.54, 1.807) is 49.5 Å². The molecule has 6 heteroatoms. The fourth-order valence-electron chi connectivity index (χ4n) is 2.11. The van der Waals surface area contributed by atoms with E-state index in [4.69, 9.17) is 9.47 Å². The molecule has 0 spiro atoms. The van der Waals surface area contributed by atoms with E-state index in [0.29, 0.717) is 28.3 Å². The van der Waals surface area contributed by atoms with Crippen molar-refractivity contribution in [3.05, 3.63) is 53.6 Å². The predicted molar refractivity (Wildman–Crippen MR) is 87.3 cm³/mol. The quantitative estimate of drug-likeness (QED) is 0.888. The number of anilines is 1. The average Bonchev–Trinajstić information content (AvgIpc) is 2.60. The summed E-state index contributed by atoms with van der Waals surface area (Å²) >= 11 is 0. The van der Waals surface area contributed by atoms with Crippen LogP contribution in [-0.2, 0) is 0 Å². The van der Waals surface area contributed by atoms with Gasteiger partial charge in [-0.05, 0) is 30.3 Å². The van der Waals surface area contributed by atoms with Crippen LogP contribution in [0.3, 0.4) is 0 Å². The zero-order valence-corrected chi connectivity index (χ0v) is 13.2. The number of ether oxygens (including phenoxy) is 2. The minimum absolute atomic E-state index is 0.250. The van der Waals surface area contributed by atoms with Crippen molar-refractivity contribution in [1.29, 1.82) is 0 Å². The SMILES string of the molecule is CNC(=O)c1ccc(OC)c(NC(=O)c2ccccc2OC)c1. The van der Waals surface area contributed by atoms with Crippen LogP contribution in [0.2, 0.25) is 0 Å². The molecule has 0 heterocycles. The van der Waals surface area contributed by atoms with E-state index in [1.807, 2.05) is 0 Å². The lowest BCUT2D eigenvalue weighted by molar-refractivity contribution is 0.0961. The second-order valence-corrected chi connectivity index (χ2v) is 4.65. The van der Waals surface area contributed by atoms with Crippen LogP contribution in [0.15, 0.2) is 42.5 Å². The normalized spacial score (nSPS) is 9.87. The minimum Gasteiger partial charge on any atom is -0.496 e. The molecule has 2 rings (SSSR count). The molecule has 0 bridgehead atoms. The largest absolute Gasteiger partial charge is 0.496 e. The zero-order chi connectivity index (χ0) is 16.8. The third-order valence-corrected chi connectivity index (χ3v) is 3.29. The Morgan fingerprint density at radius 3 is 2.26 bits per heavy atom. The van der Waals surface area contributed by atoms with Gasteiger partial charge in [0.2, 0.25) is 0 Å². The van der Waals surface area contributed by atoms with Crippen LogP contribution in [0.4, 0.5) is 5.69 Å². The summed E-state index contributed by atoms with van der Waals surface area (Å²) in [7, 11) is 4.53.